The Morgan fingerprint density at radius 1 is 1.47 bits per heavy atom. The minimum Gasteiger partial charge on any atom is -0.478 e. The fourth-order valence-electron chi connectivity index (χ4n) is 1.31. The number of carboxylic acids is 1. The number of nitrogen functional groups attached to an aromatic ring is 1. The van der Waals surface area contributed by atoms with Crippen LogP contribution in [0.25, 0.3) is 0 Å². The molecule has 0 saturated carbocycles. The molecule has 1 aromatic carbocycles. The van der Waals surface area contributed by atoms with E-state index in [0.717, 1.165) is 12.1 Å². The molecule has 0 fully saturated rings. The number of hydrogen-bond donors (Lipinski definition) is 4. The van der Waals surface area contributed by atoms with Crippen LogP contribution in [0, 0.1) is 5.82 Å². The molecule has 1 rings (SSSR count). The lowest BCUT2D eigenvalue weighted by molar-refractivity contribution is 0.0319. The summed E-state index contributed by atoms with van der Waals surface area (Å²) in [5, 5.41) is 27.8. The normalized spacial score (nSPS) is 14.4. The Hall–Kier alpha value is -1.18. The van der Waals surface area contributed by atoms with Crippen LogP contribution in [0.3, 0.4) is 0 Å². The molecule has 5 N–H and O–H groups in total. The molecular formula is C10H11BrFNO4. The van der Waals surface area contributed by atoms with Gasteiger partial charge in [0, 0.05) is 16.6 Å². The number of aromatic carboxylic acids is 1. The fourth-order valence-corrected chi connectivity index (χ4v) is 1.66. The Labute approximate surface area is 105 Å². The summed E-state index contributed by atoms with van der Waals surface area (Å²) in [6.45, 7) is 0. The maximum atomic E-state index is 13.5. The molecule has 0 aliphatic heterocycles. The molecule has 7 heteroatoms. The maximum Gasteiger partial charge on any atom is 0.337 e. The van der Waals surface area contributed by atoms with Crippen LogP contribution in [0.4, 0.5) is 10.1 Å². The van der Waals surface area contributed by atoms with Gasteiger partial charge in [-0.15, -0.1) is 0 Å². The average molecular weight is 308 g/mol. The highest BCUT2D eigenvalue weighted by atomic mass is 79.9. The summed E-state index contributed by atoms with van der Waals surface area (Å²) < 4.78 is 13.5. The van der Waals surface area contributed by atoms with E-state index in [1.165, 1.54) is 0 Å². The lowest BCUT2D eigenvalue weighted by Crippen LogP contribution is -2.21. The first kappa shape index (κ1) is 13.9. The molecular weight excluding hydrogens is 297 g/mol. The van der Waals surface area contributed by atoms with E-state index >= 15 is 0 Å². The molecule has 0 aliphatic rings. The van der Waals surface area contributed by atoms with Crippen LogP contribution in [0.5, 0.6) is 0 Å². The van der Waals surface area contributed by atoms with E-state index in [9.17, 15) is 19.4 Å². The van der Waals surface area contributed by atoms with Gasteiger partial charge in [-0.25, -0.2) is 9.18 Å². The topological polar surface area (TPSA) is 104 Å². The second-order valence-corrected chi connectivity index (χ2v) is 4.08. The van der Waals surface area contributed by atoms with Crippen molar-refractivity contribution in [2.75, 3.05) is 11.1 Å². The number of benzene rings is 1. The lowest BCUT2D eigenvalue weighted by atomic mass is 10.0. The van der Waals surface area contributed by atoms with Crippen LogP contribution in [0.15, 0.2) is 12.1 Å². The fraction of sp³-hybridized carbons (Fsp3) is 0.300. The predicted octanol–water partition coefficient (Wildman–Crippen LogP) is 0.895. The molecule has 0 aromatic heterocycles. The SMILES string of the molecule is Nc1cc(F)c(C(O)C(O)CBr)cc1C(=O)O. The Morgan fingerprint density at radius 3 is 2.53 bits per heavy atom. The minimum atomic E-state index is -1.52. The molecule has 0 heterocycles. The number of nitrogens with two attached hydrogens (primary N) is 1. The van der Waals surface area contributed by atoms with Crippen molar-refractivity contribution in [2.45, 2.75) is 12.2 Å². The predicted molar refractivity (Wildman–Crippen MR) is 62.5 cm³/mol. The van der Waals surface area contributed by atoms with Crippen LogP contribution in [0.1, 0.15) is 22.0 Å². The van der Waals surface area contributed by atoms with Crippen molar-refractivity contribution < 1.29 is 24.5 Å². The van der Waals surface area contributed by atoms with Crippen molar-refractivity contribution in [2.24, 2.45) is 0 Å². The highest BCUT2D eigenvalue weighted by molar-refractivity contribution is 9.09. The highest BCUT2D eigenvalue weighted by Crippen LogP contribution is 2.26. The zero-order valence-electron chi connectivity index (χ0n) is 8.60. The average Bonchev–Trinajstić information content (AvgIpc) is 2.26. The molecule has 2 atom stereocenters. The quantitative estimate of drug-likeness (QED) is 0.489. The number of hydrogen-bond acceptors (Lipinski definition) is 4. The number of alkyl halides is 1. The molecule has 1 aromatic rings. The number of carbonyl (C=O) groups is 1. The van der Waals surface area contributed by atoms with Gasteiger partial charge in [0.15, 0.2) is 0 Å². The first-order valence-electron chi connectivity index (χ1n) is 4.62. The van der Waals surface area contributed by atoms with E-state index in [-0.39, 0.29) is 22.1 Å². The van der Waals surface area contributed by atoms with Gasteiger partial charge in [0.25, 0.3) is 0 Å². The zero-order valence-corrected chi connectivity index (χ0v) is 10.2. The van der Waals surface area contributed by atoms with E-state index < -0.39 is 24.0 Å². The Kier molecular flexibility index (Phi) is 4.44. The van der Waals surface area contributed by atoms with Gasteiger partial charge < -0.3 is 21.1 Å². The highest BCUT2D eigenvalue weighted by Gasteiger charge is 2.23. The zero-order chi connectivity index (χ0) is 13.2. The van der Waals surface area contributed by atoms with E-state index in [1.807, 2.05) is 0 Å². The Bertz CT molecular complexity index is 441. The summed E-state index contributed by atoms with van der Waals surface area (Å²) in [6.07, 6.45) is -2.76. The maximum absolute atomic E-state index is 13.5. The molecule has 0 amide bonds. The van der Waals surface area contributed by atoms with Gasteiger partial charge >= 0.3 is 5.97 Å². The van der Waals surface area contributed by atoms with Gasteiger partial charge in [-0.05, 0) is 12.1 Å². The first-order valence-corrected chi connectivity index (χ1v) is 5.75. The number of anilines is 1. The Balaban J connectivity index is 3.24. The van der Waals surface area contributed by atoms with Gasteiger partial charge in [0.2, 0.25) is 0 Å². The van der Waals surface area contributed by atoms with Crippen LogP contribution in [-0.4, -0.2) is 32.7 Å². The molecule has 94 valence electrons. The van der Waals surface area contributed by atoms with Crippen molar-refractivity contribution in [1.29, 1.82) is 0 Å². The second-order valence-electron chi connectivity index (χ2n) is 3.43. The standard InChI is InChI=1S/C10H11BrFNO4/c11-3-8(14)9(15)4-1-5(10(16)17)7(13)2-6(4)12/h1-2,8-9,14-15H,3,13H2,(H,16,17). The van der Waals surface area contributed by atoms with Crippen molar-refractivity contribution >= 4 is 27.6 Å². The van der Waals surface area contributed by atoms with Crippen molar-refractivity contribution in [1.82, 2.24) is 0 Å². The van der Waals surface area contributed by atoms with E-state index in [2.05, 4.69) is 15.9 Å². The number of aliphatic hydroxyl groups excluding tert-OH is 2. The molecule has 2 unspecified atom stereocenters. The smallest absolute Gasteiger partial charge is 0.337 e. The number of rotatable bonds is 4. The van der Waals surface area contributed by atoms with Gasteiger partial charge in [0.05, 0.1) is 11.7 Å². The molecule has 0 aliphatic carbocycles. The van der Waals surface area contributed by atoms with E-state index in [4.69, 9.17) is 10.8 Å². The first-order chi connectivity index (χ1) is 7.88. The third-order valence-electron chi connectivity index (χ3n) is 2.24. The van der Waals surface area contributed by atoms with Crippen LogP contribution >= 0.6 is 15.9 Å². The van der Waals surface area contributed by atoms with Gasteiger partial charge in [-0.2, -0.15) is 0 Å². The molecule has 5 nitrogen and oxygen atoms in total. The van der Waals surface area contributed by atoms with E-state index in [1.54, 1.807) is 0 Å². The third-order valence-corrected chi connectivity index (χ3v) is 2.90. The van der Waals surface area contributed by atoms with Crippen LogP contribution in [0.2, 0.25) is 0 Å². The van der Waals surface area contributed by atoms with Crippen LogP contribution in [-0.2, 0) is 0 Å². The number of halogens is 2. The third kappa shape index (κ3) is 2.93. The summed E-state index contributed by atoms with van der Waals surface area (Å²) in [5.74, 6) is -2.19. The minimum absolute atomic E-state index is 0.0282. The molecule has 0 saturated heterocycles. The van der Waals surface area contributed by atoms with Gasteiger partial charge in [-0.3, -0.25) is 0 Å². The summed E-state index contributed by atoms with van der Waals surface area (Å²) in [4.78, 5) is 10.8. The molecule has 0 bridgehead atoms. The summed E-state index contributed by atoms with van der Waals surface area (Å²) >= 11 is 2.93. The second kappa shape index (κ2) is 5.44. The summed E-state index contributed by atoms with van der Waals surface area (Å²) in [5.41, 5.74) is 4.47. The van der Waals surface area contributed by atoms with Gasteiger partial charge in [0.1, 0.15) is 11.9 Å². The van der Waals surface area contributed by atoms with Crippen molar-refractivity contribution in [3.63, 3.8) is 0 Å². The largest absolute Gasteiger partial charge is 0.478 e. The van der Waals surface area contributed by atoms with Gasteiger partial charge in [-0.1, -0.05) is 15.9 Å². The molecule has 0 spiro atoms. The van der Waals surface area contributed by atoms with E-state index in [0.29, 0.717) is 0 Å². The lowest BCUT2D eigenvalue weighted by Gasteiger charge is -2.17. The summed E-state index contributed by atoms with van der Waals surface area (Å²) in [7, 11) is 0. The van der Waals surface area contributed by atoms with Crippen molar-refractivity contribution in [3.8, 4) is 0 Å². The Morgan fingerprint density at radius 2 is 2.06 bits per heavy atom. The molecule has 17 heavy (non-hydrogen) atoms. The molecule has 0 radical (unpaired) electrons. The number of carboxylic acid groups (broad SMARTS) is 1. The monoisotopic (exact) mass is 307 g/mol. The summed E-state index contributed by atoms with van der Waals surface area (Å²) in [6, 6.07) is 1.73. The van der Waals surface area contributed by atoms with Crippen LogP contribution < -0.4 is 5.73 Å². The number of aliphatic hydroxyl groups is 2. The van der Waals surface area contributed by atoms with Crippen molar-refractivity contribution in [3.05, 3.63) is 29.1 Å².